The van der Waals surface area contributed by atoms with Gasteiger partial charge in [-0.05, 0) is 41.1 Å². The molecule has 26 heavy (non-hydrogen) atoms. The van der Waals surface area contributed by atoms with Crippen LogP contribution >= 0.6 is 43.2 Å². The van der Waals surface area contributed by atoms with E-state index in [0.717, 1.165) is 11.3 Å². The highest BCUT2D eigenvalue weighted by Crippen LogP contribution is 2.47. The SMILES string of the molecule is CCOC(=O)c1c(NC(=O)c2ccccc2)sc2c(O)c(Br)cc(Br)c12. The number of fused-ring (bicyclic) bond motifs is 1. The van der Waals surface area contributed by atoms with Gasteiger partial charge in [0.25, 0.3) is 5.91 Å². The highest BCUT2D eigenvalue weighted by Gasteiger charge is 2.26. The normalized spacial score (nSPS) is 10.7. The van der Waals surface area contributed by atoms with Gasteiger partial charge in [-0.1, -0.05) is 34.1 Å². The number of carbonyl (C=O) groups is 2. The van der Waals surface area contributed by atoms with E-state index < -0.39 is 5.97 Å². The van der Waals surface area contributed by atoms with Crippen LogP contribution < -0.4 is 5.32 Å². The number of rotatable bonds is 4. The van der Waals surface area contributed by atoms with Gasteiger partial charge in [-0.15, -0.1) is 11.3 Å². The molecule has 3 rings (SSSR count). The second-order valence-corrected chi connectivity index (χ2v) is 7.97. The Morgan fingerprint density at radius 1 is 1.19 bits per heavy atom. The molecule has 0 radical (unpaired) electrons. The van der Waals surface area contributed by atoms with E-state index in [1.165, 1.54) is 0 Å². The standard InChI is InChI=1S/C18H13Br2NO4S/c1-2-25-18(24)13-12-10(19)8-11(20)14(22)15(12)26-17(13)21-16(23)9-6-4-3-5-7-9/h3-8,22H,2H2,1H3,(H,21,23). The number of benzene rings is 2. The van der Waals surface area contributed by atoms with Crippen molar-refractivity contribution in [3.05, 3.63) is 56.5 Å². The number of hydrogen-bond acceptors (Lipinski definition) is 5. The van der Waals surface area contributed by atoms with E-state index in [9.17, 15) is 14.7 Å². The third kappa shape index (κ3) is 3.49. The molecular weight excluding hydrogens is 486 g/mol. The van der Waals surface area contributed by atoms with Crippen LogP contribution in [-0.4, -0.2) is 23.6 Å². The summed E-state index contributed by atoms with van der Waals surface area (Å²) in [6.07, 6.45) is 0. The molecule has 0 unspecified atom stereocenters. The fraction of sp³-hybridized carbons (Fsp3) is 0.111. The van der Waals surface area contributed by atoms with Gasteiger partial charge in [-0.2, -0.15) is 0 Å². The molecule has 0 aliphatic carbocycles. The van der Waals surface area contributed by atoms with Gasteiger partial charge in [0, 0.05) is 15.4 Å². The molecule has 0 saturated carbocycles. The second-order valence-electron chi connectivity index (χ2n) is 5.24. The summed E-state index contributed by atoms with van der Waals surface area (Å²) in [6, 6.07) is 10.3. The number of hydrogen-bond donors (Lipinski definition) is 2. The molecular formula is C18H13Br2NO4S. The first-order valence-electron chi connectivity index (χ1n) is 7.61. The molecule has 0 fully saturated rings. The zero-order valence-electron chi connectivity index (χ0n) is 13.5. The van der Waals surface area contributed by atoms with E-state index in [0.29, 0.717) is 29.6 Å². The summed E-state index contributed by atoms with van der Waals surface area (Å²) in [5.74, 6) is -0.916. The fourth-order valence-electron chi connectivity index (χ4n) is 2.44. The minimum Gasteiger partial charge on any atom is -0.505 e. The molecule has 1 aromatic heterocycles. The fourth-order valence-corrected chi connectivity index (χ4v) is 5.22. The van der Waals surface area contributed by atoms with Crippen LogP contribution in [0, 0.1) is 0 Å². The molecule has 0 aliphatic heterocycles. The van der Waals surface area contributed by atoms with Crippen LogP contribution in [0.1, 0.15) is 27.6 Å². The molecule has 0 atom stereocenters. The third-order valence-electron chi connectivity index (χ3n) is 3.58. The number of phenolic OH excluding ortho intramolecular Hbond substituents is 1. The number of aromatic hydroxyl groups is 1. The Morgan fingerprint density at radius 3 is 2.54 bits per heavy atom. The monoisotopic (exact) mass is 497 g/mol. The first kappa shape index (κ1) is 18.9. The minimum atomic E-state index is -0.565. The van der Waals surface area contributed by atoms with Crippen LogP contribution in [0.2, 0.25) is 0 Å². The number of nitrogens with one attached hydrogen (secondary N) is 1. The summed E-state index contributed by atoms with van der Waals surface area (Å²) in [4.78, 5) is 25.0. The molecule has 2 aromatic carbocycles. The van der Waals surface area contributed by atoms with E-state index >= 15 is 0 Å². The first-order valence-corrected chi connectivity index (χ1v) is 10.0. The quantitative estimate of drug-likeness (QED) is 0.461. The van der Waals surface area contributed by atoms with Gasteiger partial charge < -0.3 is 15.2 Å². The van der Waals surface area contributed by atoms with Crippen molar-refractivity contribution in [3.63, 3.8) is 0 Å². The van der Waals surface area contributed by atoms with Crippen molar-refractivity contribution in [2.45, 2.75) is 6.92 Å². The molecule has 0 spiro atoms. The van der Waals surface area contributed by atoms with E-state index in [-0.39, 0.29) is 23.8 Å². The Bertz CT molecular complexity index is 1000. The maximum Gasteiger partial charge on any atom is 0.341 e. The average Bonchev–Trinajstić information content (AvgIpc) is 3.00. The minimum absolute atomic E-state index is 0.000964. The van der Waals surface area contributed by atoms with E-state index in [1.807, 2.05) is 6.07 Å². The van der Waals surface area contributed by atoms with Crippen LogP contribution in [0.5, 0.6) is 5.75 Å². The number of phenols is 1. The van der Waals surface area contributed by atoms with Gasteiger partial charge in [-0.25, -0.2) is 4.79 Å². The van der Waals surface area contributed by atoms with Crippen LogP contribution in [0.15, 0.2) is 45.3 Å². The van der Waals surface area contributed by atoms with Gasteiger partial charge in [-0.3, -0.25) is 4.79 Å². The van der Waals surface area contributed by atoms with Crippen LogP contribution in [-0.2, 0) is 4.74 Å². The average molecular weight is 499 g/mol. The first-order chi connectivity index (χ1) is 12.4. The maximum atomic E-state index is 12.5. The predicted molar refractivity (Wildman–Crippen MR) is 109 cm³/mol. The lowest BCUT2D eigenvalue weighted by Gasteiger charge is -2.07. The molecule has 134 valence electrons. The largest absolute Gasteiger partial charge is 0.505 e. The predicted octanol–water partition coefficient (Wildman–Crippen LogP) is 5.56. The van der Waals surface area contributed by atoms with Gasteiger partial charge in [0.1, 0.15) is 16.3 Å². The number of halogens is 2. The lowest BCUT2D eigenvalue weighted by atomic mass is 10.1. The number of anilines is 1. The summed E-state index contributed by atoms with van der Waals surface area (Å²) >= 11 is 7.81. The smallest absolute Gasteiger partial charge is 0.341 e. The lowest BCUT2D eigenvalue weighted by molar-refractivity contribution is 0.0530. The molecule has 5 nitrogen and oxygen atoms in total. The van der Waals surface area contributed by atoms with Crippen molar-refractivity contribution in [2.75, 3.05) is 11.9 Å². The molecule has 1 heterocycles. The number of esters is 1. The molecule has 3 aromatic rings. The molecule has 0 bridgehead atoms. The number of ether oxygens (including phenoxy) is 1. The second kappa shape index (κ2) is 7.77. The topological polar surface area (TPSA) is 75.6 Å². The van der Waals surface area contributed by atoms with Crippen molar-refractivity contribution in [3.8, 4) is 5.75 Å². The molecule has 8 heteroatoms. The van der Waals surface area contributed by atoms with Gasteiger partial charge >= 0.3 is 5.97 Å². The Morgan fingerprint density at radius 2 is 1.88 bits per heavy atom. The Balaban J connectivity index is 2.16. The zero-order valence-corrected chi connectivity index (χ0v) is 17.5. The van der Waals surface area contributed by atoms with Crippen LogP contribution in [0.3, 0.4) is 0 Å². The van der Waals surface area contributed by atoms with E-state index in [2.05, 4.69) is 37.2 Å². The summed E-state index contributed by atoms with van der Waals surface area (Å²) in [5.41, 5.74) is 0.676. The maximum absolute atomic E-state index is 12.5. The lowest BCUT2D eigenvalue weighted by Crippen LogP contribution is -2.14. The highest BCUT2D eigenvalue weighted by atomic mass is 79.9. The molecule has 0 aliphatic rings. The number of thiophene rings is 1. The van der Waals surface area contributed by atoms with Gasteiger partial charge in [0.2, 0.25) is 0 Å². The summed E-state index contributed by atoms with van der Waals surface area (Å²) in [7, 11) is 0. The van der Waals surface area contributed by atoms with Gasteiger partial charge in [0.15, 0.2) is 0 Å². The molecule has 2 N–H and O–H groups in total. The van der Waals surface area contributed by atoms with Crippen molar-refractivity contribution in [2.24, 2.45) is 0 Å². The van der Waals surface area contributed by atoms with Crippen molar-refractivity contribution in [1.29, 1.82) is 0 Å². The van der Waals surface area contributed by atoms with Crippen LogP contribution in [0.25, 0.3) is 10.1 Å². The number of amides is 1. The van der Waals surface area contributed by atoms with Crippen molar-refractivity contribution < 1.29 is 19.4 Å². The Hall–Kier alpha value is -1.90. The summed E-state index contributed by atoms with van der Waals surface area (Å²) < 4.78 is 6.71. The zero-order chi connectivity index (χ0) is 18.8. The van der Waals surface area contributed by atoms with Crippen molar-refractivity contribution in [1.82, 2.24) is 0 Å². The van der Waals surface area contributed by atoms with E-state index in [4.69, 9.17) is 4.74 Å². The third-order valence-corrected chi connectivity index (χ3v) is 5.93. The highest BCUT2D eigenvalue weighted by molar-refractivity contribution is 9.11. The molecule has 0 saturated heterocycles. The number of carbonyl (C=O) groups excluding carboxylic acids is 2. The van der Waals surface area contributed by atoms with E-state index in [1.54, 1.807) is 37.3 Å². The van der Waals surface area contributed by atoms with Crippen molar-refractivity contribution >= 4 is 70.2 Å². The summed E-state index contributed by atoms with van der Waals surface area (Å²) in [5, 5.41) is 13.9. The summed E-state index contributed by atoms with van der Waals surface area (Å²) in [6.45, 7) is 1.90. The Labute approximate surface area is 170 Å². The van der Waals surface area contributed by atoms with Crippen LogP contribution in [0.4, 0.5) is 5.00 Å². The van der Waals surface area contributed by atoms with Gasteiger partial charge in [0.05, 0.1) is 15.8 Å². The Kier molecular flexibility index (Phi) is 5.64. The molecule has 1 amide bonds.